The van der Waals surface area contributed by atoms with Gasteiger partial charge in [0, 0.05) is 86.6 Å². The summed E-state index contributed by atoms with van der Waals surface area (Å²) in [6, 6.07) is 8.50. The number of nitrogens with zero attached hydrogens (tertiary/aromatic N) is 2. The summed E-state index contributed by atoms with van der Waals surface area (Å²) in [4.78, 5) is 45.2. The van der Waals surface area contributed by atoms with Gasteiger partial charge in [-0.3, -0.25) is 4.79 Å². The number of aliphatic hydroxyl groups is 1. The van der Waals surface area contributed by atoms with Gasteiger partial charge in [-0.1, -0.05) is 18.2 Å². The minimum atomic E-state index is -1.20. The summed E-state index contributed by atoms with van der Waals surface area (Å²) in [6.45, 7) is 5.64. The van der Waals surface area contributed by atoms with Crippen LogP contribution in [0.4, 0.5) is 5.82 Å². The number of hydrogen-bond acceptors (Lipinski definition) is 10. The second kappa shape index (κ2) is 12.4. The maximum Gasteiger partial charge on any atom is 0.336 e. The van der Waals surface area contributed by atoms with Crippen LogP contribution in [0.15, 0.2) is 69.5 Å². The molecule has 1 fully saturated rings. The summed E-state index contributed by atoms with van der Waals surface area (Å²) in [5.74, 6) is 0.191. The van der Waals surface area contributed by atoms with Crippen molar-refractivity contribution in [2.75, 3.05) is 39.0 Å². The van der Waals surface area contributed by atoms with E-state index >= 15 is 0 Å². The first-order valence-corrected chi connectivity index (χ1v) is 15.7. The van der Waals surface area contributed by atoms with Crippen molar-refractivity contribution in [3.8, 4) is 5.75 Å². The number of likely N-dealkylation sites (tertiary alicyclic amines) is 1. The third-order valence-electron chi connectivity index (χ3n) is 9.61. The number of rotatable bonds is 9. The molecule has 1 spiro atoms. The maximum absolute atomic E-state index is 13.6. The number of aliphatic hydroxyl groups excluding tert-OH is 1. The smallest absolute Gasteiger partial charge is 0.336 e. The van der Waals surface area contributed by atoms with Crippen molar-refractivity contribution in [3.63, 3.8) is 0 Å². The van der Waals surface area contributed by atoms with Crippen LogP contribution in [0.25, 0.3) is 11.0 Å². The molecule has 2 aromatic heterocycles. The molecule has 4 N–H and O–H groups in total. The van der Waals surface area contributed by atoms with E-state index in [-0.39, 0.29) is 25.4 Å². The largest absolute Gasteiger partial charge is 0.481 e. The molecule has 1 saturated heterocycles. The minimum Gasteiger partial charge on any atom is -0.481 e. The van der Waals surface area contributed by atoms with E-state index < -0.39 is 28.7 Å². The van der Waals surface area contributed by atoms with Crippen molar-refractivity contribution >= 4 is 28.7 Å². The molecule has 1 aliphatic carbocycles. The molecule has 3 aromatic rings. The predicted octanol–water partition coefficient (Wildman–Crippen LogP) is 3.04. The lowest BCUT2D eigenvalue weighted by molar-refractivity contribution is -0.182. The van der Waals surface area contributed by atoms with Gasteiger partial charge in [0.1, 0.15) is 17.2 Å². The van der Waals surface area contributed by atoms with Crippen LogP contribution >= 0.6 is 0 Å². The Kier molecular flexibility index (Phi) is 8.47. The number of carbonyl (C=O) groups excluding carboxylic acids is 2. The lowest BCUT2D eigenvalue weighted by atomic mass is 9.64. The number of hydrogen-bond donors (Lipinski definition) is 3. The van der Waals surface area contributed by atoms with Gasteiger partial charge < -0.3 is 34.9 Å². The van der Waals surface area contributed by atoms with Crippen molar-refractivity contribution in [3.05, 3.63) is 87.4 Å². The number of anilines is 1. The Morgan fingerprint density at radius 3 is 2.80 bits per heavy atom. The average molecular weight is 629 g/mol. The van der Waals surface area contributed by atoms with Gasteiger partial charge in [-0.15, -0.1) is 0 Å². The number of nitrogens with two attached hydrogens (primary N) is 1. The Morgan fingerprint density at radius 1 is 1.26 bits per heavy atom. The maximum atomic E-state index is 13.6. The molecule has 0 radical (unpaired) electrons. The fraction of sp³-hybridized carbons (Fsp3) is 0.429. The number of ether oxygens (including phenoxy) is 2. The molecule has 3 atom stereocenters. The standard InChI is InChI=1S/C35H40N4O7/c1-4-22(9-11-40)33(43)46-34(2)10-5-6-27(35(34)16-24-12-23-7-8-32(42)44-28(23)15-29(24)45-35)26-14-30(36)38-18-25(26)13-31(41)39-19-21(20-39)17-37-3/h4-8,12,14-15,18,21,27,37,40H,9-11,13,16-17,19-20H2,1-3H3,(H2,36,38). The number of benzene rings is 1. The first-order valence-electron chi connectivity index (χ1n) is 15.7. The summed E-state index contributed by atoms with van der Waals surface area (Å²) in [7, 11) is 1.91. The third kappa shape index (κ3) is 5.58. The van der Waals surface area contributed by atoms with Crippen LogP contribution in [-0.2, 0) is 27.2 Å². The number of fused-ring (bicyclic) bond motifs is 2. The molecule has 3 aliphatic rings. The zero-order valence-electron chi connectivity index (χ0n) is 26.4. The molecule has 242 valence electrons. The van der Waals surface area contributed by atoms with Crippen LogP contribution in [-0.4, -0.2) is 71.4 Å². The zero-order valence-corrected chi connectivity index (χ0v) is 26.4. The number of aromatic nitrogens is 1. The molecule has 3 unspecified atom stereocenters. The summed E-state index contributed by atoms with van der Waals surface area (Å²) in [5, 5.41) is 13.5. The fourth-order valence-corrected chi connectivity index (χ4v) is 7.10. The van der Waals surface area contributed by atoms with Gasteiger partial charge in [0.15, 0.2) is 11.2 Å². The summed E-state index contributed by atoms with van der Waals surface area (Å²) >= 11 is 0. The van der Waals surface area contributed by atoms with Crippen LogP contribution < -0.4 is 21.4 Å². The number of nitrogens with one attached hydrogen (secondary N) is 1. The predicted molar refractivity (Wildman–Crippen MR) is 172 cm³/mol. The minimum absolute atomic E-state index is 0.00170. The van der Waals surface area contributed by atoms with Gasteiger partial charge in [0.2, 0.25) is 5.91 Å². The number of amides is 1. The van der Waals surface area contributed by atoms with E-state index in [4.69, 9.17) is 19.6 Å². The number of allylic oxidation sites excluding steroid dienone is 1. The number of carbonyl (C=O) groups is 2. The lowest BCUT2D eigenvalue weighted by Gasteiger charge is -2.50. The number of pyridine rings is 1. The van der Waals surface area contributed by atoms with Crippen LogP contribution in [0, 0.1) is 5.92 Å². The first kappa shape index (κ1) is 31.5. The molecule has 1 aromatic carbocycles. The van der Waals surface area contributed by atoms with E-state index in [1.54, 1.807) is 37.4 Å². The van der Waals surface area contributed by atoms with Gasteiger partial charge in [-0.25, -0.2) is 14.6 Å². The highest BCUT2D eigenvalue weighted by Gasteiger charge is 2.62. The van der Waals surface area contributed by atoms with Gasteiger partial charge in [-0.2, -0.15) is 0 Å². The Bertz CT molecular complexity index is 1790. The van der Waals surface area contributed by atoms with Crippen molar-refractivity contribution in [1.82, 2.24) is 15.2 Å². The van der Waals surface area contributed by atoms with E-state index in [0.717, 1.165) is 23.1 Å². The van der Waals surface area contributed by atoms with Gasteiger partial charge in [-0.05, 0) is 55.8 Å². The third-order valence-corrected chi connectivity index (χ3v) is 9.61. The molecule has 0 saturated carbocycles. The summed E-state index contributed by atoms with van der Waals surface area (Å²) in [6.07, 6.45) is 8.28. The van der Waals surface area contributed by atoms with E-state index in [1.165, 1.54) is 6.07 Å². The monoisotopic (exact) mass is 628 g/mol. The fourth-order valence-electron chi connectivity index (χ4n) is 7.10. The second-order valence-electron chi connectivity index (χ2n) is 12.6. The molecule has 46 heavy (non-hydrogen) atoms. The quantitative estimate of drug-likeness (QED) is 0.139. The summed E-state index contributed by atoms with van der Waals surface area (Å²) < 4.78 is 18.8. The SMILES string of the molecule is CC=C(CCO)C(=O)OC1(C)CC=CC(c2cc(N)ncc2CC(=O)N2CC(CNC)C2)C12Cc1cc3ccc(=O)oc3cc1O2. The number of esters is 1. The Balaban J connectivity index is 1.43. The van der Waals surface area contributed by atoms with Crippen LogP contribution in [0.2, 0.25) is 0 Å². The van der Waals surface area contributed by atoms with Gasteiger partial charge >= 0.3 is 11.6 Å². The lowest BCUT2D eigenvalue weighted by Crippen LogP contribution is -2.62. The zero-order chi connectivity index (χ0) is 32.6. The normalized spacial score (nSPS) is 24.1. The highest BCUT2D eigenvalue weighted by atomic mass is 16.6. The molecule has 11 nitrogen and oxygen atoms in total. The van der Waals surface area contributed by atoms with Crippen molar-refractivity contribution in [2.24, 2.45) is 5.92 Å². The molecule has 4 heterocycles. The van der Waals surface area contributed by atoms with Gasteiger partial charge in [0.05, 0.1) is 6.42 Å². The van der Waals surface area contributed by atoms with E-state index in [9.17, 15) is 19.5 Å². The Labute approximate surface area is 267 Å². The molecule has 1 amide bonds. The van der Waals surface area contributed by atoms with Crippen molar-refractivity contribution in [2.45, 2.75) is 56.7 Å². The van der Waals surface area contributed by atoms with E-state index in [0.29, 0.717) is 60.1 Å². The van der Waals surface area contributed by atoms with Gasteiger partial charge in [0.25, 0.3) is 0 Å². The second-order valence-corrected chi connectivity index (χ2v) is 12.6. The Morgan fingerprint density at radius 2 is 2.07 bits per heavy atom. The van der Waals surface area contributed by atoms with Crippen LogP contribution in [0.5, 0.6) is 5.75 Å². The highest BCUT2D eigenvalue weighted by Crippen LogP contribution is 2.55. The summed E-state index contributed by atoms with van der Waals surface area (Å²) in [5.41, 5.74) is 6.51. The van der Waals surface area contributed by atoms with Crippen molar-refractivity contribution in [1.29, 1.82) is 0 Å². The Hall–Kier alpha value is -4.48. The van der Waals surface area contributed by atoms with Crippen LogP contribution in [0.3, 0.4) is 0 Å². The van der Waals surface area contributed by atoms with E-state index in [1.807, 2.05) is 37.1 Å². The topological polar surface area (TPSA) is 157 Å². The molecular formula is C35H40N4O7. The molecule has 0 bridgehead atoms. The van der Waals surface area contributed by atoms with E-state index in [2.05, 4.69) is 10.3 Å². The number of nitrogen functional groups attached to an aromatic ring is 1. The average Bonchev–Trinajstić information content (AvgIpc) is 3.38. The molecule has 11 heteroatoms. The molecule has 2 aliphatic heterocycles. The molecular weight excluding hydrogens is 588 g/mol. The first-order chi connectivity index (χ1) is 22.1. The molecule has 6 rings (SSSR count). The van der Waals surface area contributed by atoms with Crippen molar-refractivity contribution < 1.29 is 28.6 Å². The van der Waals surface area contributed by atoms with Crippen LogP contribution in [0.1, 0.15) is 49.3 Å². The highest BCUT2D eigenvalue weighted by molar-refractivity contribution is 5.89.